The van der Waals surface area contributed by atoms with Gasteiger partial charge in [-0.05, 0) is 30.2 Å². The predicted molar refractivity (Wildman–Crippen MR) is 84.6 cm³/mol. The molecule has 0 heterocycles. The number of hydrogen-bond donors (Lipinski definition) is 1. The second-order valence-electron chi connectivity index (χ2n) is 4.86. The summed E-state index contributed by atoms with van der Waals surface area (Å²) in [5.41, 5.74) is 2.23. The zero-order valence-electron chi connectivity index (χ0n) is 12.6. The Morgan fingerprint density at radius 1 is 1.05 bits per heavy atom. The summed E-state index contributed by atoms with van der Waals surface area (Å²) in [7, 11) is 0. The lowest BCUT2D eigenvalue weighted by Gasteiger charge is -2.12. The van der Waals surface area contributed by atoms with Gasteiger partial charge in [0.05, 0.1) is 19.1 Å². The largest absolute Gasteiger partial charge is 0.491 e. The minimum atomic E-state index is -0.868. The van der Waals surface area contributed by atoms with E-state index in [1.807, 2.05) is 54.6 Å². The highest BCUT2D eigenvalue weighted by Crippen LogP contribution is 2.22. The highest BCUT2D eigenvalue weighted by molar-refractivity contribution is 5.69. The monoisotopic (exact) mass is 300 g/mol. The molecule has 0 aliphatic carbocycles. The summed E-state index contributed by atoms with van der Waals surface area (Å²) in [6.45, 7) is 2.10. The molecule has 0 aliphatic rings. The Morgan fingerprint density at radius 3 is 2.32 bits per heavy atom. The van der Waals surface area contributed by atoms with Gasteiger partial charge in [0.2, 0.25) is 0 Å². The third kappa shape index (κ3) is 4.90. The van der Waals surface area contributed by atoms with E-state index in [0.29, 0.717) is 12.4 Å². The molecule has 116 valence electrons. The van der Waals surface area contributed by atoms with Gasteiger partial charge in [-0.3, -0.25) is 4.79 Å². The molecular formula is C18H20O4. The molecule has 1 atom stereocenters. The number of esters is 1. The molecule has 4 heteroatoms. The van der Waals surface area contributed by atoms with Crippen LogP contribution in [-0.2, 0) is 9.53 Å². The lowest BCUT2D eigenvalue weighted by molar-refractivity contribution is -0.145. The molecular weight excluding hydrogens is 280 g/mol. The van der Waals surface area contributed by atoms with Crippen LogP contribution >= 0.6 is 0 Å². The van der Waals surface area contributed by atoms with E-state index in [0.717, 1.165) is 11.1 Å². The van der Waals surface area contributed by atoms with Crippen molar-refractivity contribution in [1.82, 2.24) is 0 Å². The minimum Gasteiger partial charge on any atom is -0.491 e. The summed E-state index contributed by atoms with van der Waals surface area (Å²) in [6, 6.07) is 17.7. The molecule has 2 aromatic carbocycles. The fraction of sp³-hybridized carbons (Fsp3) is 0.278. The van der Waals surface area contributed by atoms with Crippen LogP contribution in [0.5, 0.6) is 5.75 Å². The van der Waals surface area contributed by atoms with Gasteiger partial charge in [-0.2, -0.15) is 0 Å². The fourth-order valence-electron chi connectivity index (χ4n) is 2.04. The van der Waals surface area contributed by atoms with Crippen molar-refractivity contribution in [2.24, 2.45) is 0 Å². The second kappa shape index (κ2) is 8.20. The normalized spacial score (nSPS) is 11.7. The van der Waals surface area contributed by atoms with E-state index >= 15 is 0 Å². The molecule has 0 unspecified atom stereocenters. The molecule has 0 aromatic heterocycles. The molecule has 2 aromatic rings. The van der Waals surface area contributed by atoms with Crippen LogP contribution in [0.2, 0.25) is 0 Å². The van der Waals surface area contributed by atoms with Gasteiger partial charge in [-0.1, -0.05) is 42.5 Å². The summed E-state index contributed by atoms with van der Waals surface area (Å²) < 4.78 is 10.3. The first kappa shape index (κ1) is 16.0. The Morgan fingerprint density at radius 2 is 1.68 bits per heavy atom. The van der Waals surface area contributed by atoms with Gasteiger partial charge in [-0.15, -0.1) is 0 Å². The van der Waals surface area contributed by atoms with Crippen LogP contribution < -0.4 is 4.74 Å². The lowest BCUT2D eigenvalue weighted by Crippen LogP contribution is -2.22. The van der Waals surface area contributed by atoms with Crippen molar-refractivity contribution in [1.29, 1.82) is 0 Å². The first-order valence-corrected chi connectivity index (χ1v) is 7.31. The molecule has 4 nitrogen and oxygen atoms in total. The number of benzene rings is 2. The summed E-state index contributed by atoms with van der Waals surface area (Å²) in [5, 5.41) is 9.71. The zero-order valence-corrected chi connectivity index (χ0v) is 12.6. The molecule has 0 aliphatic heterocycles. The maximum atomic E-state index is 11.2. The van der Waals surface area contributed by atoms with Crippen molar-refractivity contribution in [3.8, 4) is 16.9 Å². The van der Waals surface area contributed by atoms with Crippen LogP contribution in [0.25, 0.3) is 11.1 Å². The summed E-state index contributed by atoms with van der Waals surface area (Å²) in [5.74, 6) is 0.237. The molecule has 0 bridgehead atoms. The molecule has 0 fully saturated rings. The van der Waals surface area contributed by atoms with Crippen molar-refractivity contribution in [3.63, 3.8) is 0 Å². The molecule has 0 saturated carbocycles. The summed E-state index contributed by atoms with van der Waals surface area (Å²) >= 11 is 0. The highest BCUT2D eigenvalue weighted by Gasteiger charge is 2.12. The van der Waals surface area contributed by atoms with Gasteiger partial charge >= 0.3 is 5.97 Å². The standard InChI is InChI=1S/C18H20O4/c1-2-21-18(20)12-16(19)13-22-17-10-8-15(9-11-17)14-6-4-3-5-7-14/h3-11,16,19H,2,12-13H2,1H3/t16-/m0/s1. The Balaban J connectivity index is 1.85. The van der Waals surface area contributed by atoms with Gasteiger partial charge in [0.25, 0.3) is 0 Å². The predicted octanol–water partition coefficient (Wildman–Crippen LogP) is 3.05. The Labute approximate surface area is 130 Å². The van der Waals surface area contributed by atoms with E-state index in [1.54, 1.807) is 6.92 Å². The van der Waals surface area contributed by atoms with Crippen LogP contribution in [0.4, 0.5) is 0 Å². The maximum Gasteiger partial charge on any atom is 0.308 e. The van der Waals surface area contributed by atoms with Crippen LogP contribution in [0.3, 0.4) is 0 Å². The number of aliphatic hydroxyl groups excluding tert-OH is 1. The van der Waals surface area contributed by atoms with Crippen LogP contribution in [-0.4, -0.2) is 30.4 Å². The zero-order chi connectivity index (χ0) is 15.8. The average Bonchev–Trinajstić information content (AvgIpc) is 2.54. The van der Waals surface area contributed by atoms with Gasteiger partial charge in [0.1, 0.15) is 12.4 Å². The quantitative estimate of drug-likeness (QED) is 0.799. The van der Waals surface area contributed by atoms with Gasteiger partial charge < -0.3 is 14.6 Å². The minimum absolute atomic E-state index is 0.0590. The molecule has 2 rings (SSSR count). The smallest absolute Gasteiger partial charge is 0.308 e. The molecule has 0 spiro atoms. The van der Waals surface area contributed by atoms with Crippen molar-refractivity contribution >= 4 is 5.97 Å². The van der Waals surface area contributed by atoms with Gasteiger partial charge in [-0.25, -0.2) is 0 Å². The average molecular weight is 300 g/mol. The van der Waals surface area contributed by atoms with Crippen LogP contribution in [0.1, 0.15) is 13.3 Å². The third-order valence-corrected chi connectivity index (χ3v) is 3.11. The molecule has 22 heavy (non-hydrogen) atoms. The van der Waals surface area contributed by atoms with E-state index in [-0.39, 0.29) is 13.0 Å². The molecule has 0 radical (unpaired) electrons. The Hall–Kier alpha value is -2.33. The van der Waals surface area contributed by atoms with Gasteiger partial charge in [0.15, 0.2) is 0 Å². The van der Waals surface area contributed by atoms with Crippen LogP contribution in [0, 0.1) is 0 Å². The van der Waals surface area contributed by atoms with E-state index < -0.39 is 12.1 Å². The number of carbonyl (C=O) groups excluding carboxylic acids is 1. The van der Waals surface area contributed by atoms with E-state index in [2.05, 4.69) is 0 Å². The second-order valence-corrected chi connectivity index (χ2v) is 4.86. The highest BCUT2D eigenvalue weighted by atomic mass is 16.5. The Bertz CT molecular complexity index is 578. The number of hydrogen-bond acceptors (Lipinski definition) is 4. The Kier molecular flexibility index (Phi) is 5.98. The van der Waals surface area contributed by atoms with E-state index in [9.17, 15) is 9.90 Å². The maximum absolute atomic E-state index is 11.2. The van der Waals surface area contributed by atoms with Crippen molar-refractivity contribution < 1.29 is 19.4 Å². The number of ether oxygens (including phenoxy) is 2. The first-order valence-electron chi connectivity index (χ1n) is 7.31. The number of rotatable bonds is 7. The first-order chi connectivity index (χ1) is 10.7. The van der Waals surface area contributed by atoms with E-state index in [1.165, 1.54) is 0 Å². The number of carbonyl (C=O) groups is 1. The topological polar surface area (TPSA) is 55.8 Å². The summed E-state index contributed by atoms with van der Waals surface area (Å²) in [6.07, 6.45) is -0.927. The van der Waals surface area contributed by atoms with E-state index in [4.69, 9.17) is 9.47 Å². The van der Waals surface area contributed by atoms with Crippen molar-refractivity contribution in [2.45, 2.75) is 19.4 Å². The molecule has 0 amide bonds. The summed E-state index contributed by atoms with van der Waals surface area (Å²) in [4.78, 5) is 11.2. The van der Waals surface area contributed by atoms with Crippen molar-refractivity contribution in [2.75, 3.05) is 13.2 Å². The third-order valence-electron chi connectivity index (χ3n) is 3.11. The number of aliphatic hydroxyl groups is 1. The molecule has 1 N–H and O–H groups in total. The SMILES string of the molecule is CCOC(=O)C[C@H](O)COc1ccc(-c2ccccc2)cc1. The lowest BCUT2D eigenvalue weighted by atomic mass is 10.1. The van der Waals surface area contributed by atoms with Crippen LogP contribution in [0.15, 0.2) is 54.6 Å². The van der Waals surface area contributed by atoms with Gasteiger partial charge in [0, 0.05) is 0 Å². The van der Waals surface area contributed by atoms with Crippen molar-refractivity contribution in [3.05, 3.63) is 54.6 Å². The fourth-order valence-corrected chi connectivity index (χ4v) is 2.04. The molecule has 0 saturated heterocycles.